The van der Waals surface area contributed by atoms with E-state index in [4.69, 9.17) is 18.6 Å². The highest BCUT2D eigenvalue weighted by Gasteiger charge is 2.74. The lowest BCUT2D eigenvalue weighted by Gasteiger charge is -2.69. The van der Waals surface area contributed by atoms with Crippen molar-refractivity contribution in [1.29, 1.82) is 0 Å². The monoisotopic (exact) mass is 554 g/mol. The van der Waals surface area contributed by atoms with Gasteiger partial charge in [-0.2, -0.15) is 0 Å². The molecule has 216 valence electrons. The summed E-state index contributed by atoms with van der Waals surface area (Å²) in [6.45, 7) is 12.4. The average molecular weight is 555 g/mol. The number of ketones is 1. The van der Waals surface area contributed by atoms with Gasteiger partial charge in [0.25, 0.3) is 5.79 Å². The van der Waals surface area contributed by atoms with Gasteiger partial charge in [-0.05, 0) is 48.8 Å². The number of ether oxygens (including phenoxy) is 3. The van der Waals surface area contributed by atoms with E-state index in [9.17, 15) is 24.3 Å². The molecule has 0 radical (unpaired) electrons. The van der Waals surface area contributed by atoms with Crippen molar-refractivity contribution in [3.05, 3.63) is 48.0 Å². The third-order valence-corrected chi connectivity index (χ3v) is 10.5. The van der Waals surface area contributed by atoms with Crippen LogP contribution < -0.4 is 0 Å². The maximum Gasteiger partial charge on any atom is 0.333 e. The molecule has 0 saturated heterocycles. The first-order valence-corrected chi connectivity index (χ1v) is 13.9. The summed E-state index contributed by atoms with van der Waals surface area (Å²) >= 11 is 0. The first-order valence-electron chi connectivity index (χ1n) is 13.9. The first-order chi connectivity index (χ1) is 18.6. The van der Waals surface area contributed by atoms with Gasteiger partial charge in [0.2, 0.25) is 0 Å². The quantitative estimate of drug-likeness (QED) is 0.426. The van der Waals surface area contributed by atoms with Gasteiger partial charge < -0.3 is 23.7 Å². The zero-order chi connectivity index (χ0) is 29.5. The van der Waals surface area contributed by atoms with Crippen LogP contribution in [0.4, 0.5) is 0 Å². The minimum atomic E-state index is -2.05. The van der Waals surface area contributed by atoms with E-state index < -0.39 is 63.5 Å². The van der Waals surface area contributed by atoms with Crippen LogP contribution in [0.15, 0.2) is 46.8 Å². The van der Waals surface area contributed by atoms with Crippen molar-refractivity contribution < 1.29 is 42.9 Å². The van der Waals surface area contributed by atoms with Crippen molar-refractivity contribution >= 4 is 23.7 Å². The molecule has 2 fully saturated rings. The van der Waals surface area contributed by atoms with Crippen LogP contribution in [0.1, 0.15) is 73.3 Å². The smallest absolute Gasteiger partial charge is 0.333 e. The summed E-state index contributed by atoms with van der Waals surface area (Å²) < 4.78 is 23.1. The van der Waals surface area contributed by atoms with E-state index in [-0.39, 0.29) is 18.1 Å². The summed E-state index contributed by atoms with van der Waals surface area (Å²) in [6.07, 6.45) is 6.62. The van der Waals surface area contributed by atoms with E-state index in [0.29, 0.717) is 24.0 Å². The molecule has 9 heteroatoms. The van der Waals surface area contributed by atoms with Crippen molar-refractivity contribution in [2.75, 3.05) is 0 Å². The summed E-state index contributed by atoms with van der Waals surface area (Å²) in [5.41, 5.74) is -3.04. The number of furan rings is 1. The van der Waals surface area contributed by atoms with Crippen molar-refractivity contribution in [2.24, 2.45) is 33.5 Å². The zero-order valence-electron chi connectivity index (χ0n) is 24.1. The minimum absolute atomic E-state index is 0.0749. The van der Waals surface area contributed by atoms with Crippen molar-refractivity contribution in [3.63, 3.8) is 0 Å². The third-order valence-electron chi connectivity index (χ3n) is 10.5. The Hall–Kier alpha value is -3.20. The van der Waals surface area contributed by atoms with E-state index in [1.165, 1.54) is 25.5 Å². The number of hydrogen-bond donors (Lipinski definition) is 1. The fourth-order valence-electron chi connectivity index (χ4n) is 8.72. The fraction of sp³-hybridized carbons (Fsp3) is 0.613. The lowest BCUT2D eigenvalue weighted by molar-refractivity contribution is -0.288. The van der Waals surface area contributed by atoms with Gasteiger partial charge in [0.15, 0.2) is 5.78 Å². The normalized spacial score (nSPS) is 41.5. The second-order valence-corrected chi connectivity index (χ2v) is 12.9. The molecule has 3 aliphatic carbocycles. The van der Waals surface area contributed by atoms with Crippen LogP contribution in [0.5, 0.6) is 0 Å². The number of carbonyl (C=O) groups excluding carboxylic acids is 4. The maximum atomic E-state index is 13.3. The van der Waals surface area contributed by atoms with Crippen LogP contribution in [-0.2, 0) is 39.2 Å². The highest BCUT2D eigenvalue weighted by molar-refractivity contribution is 5.96. The summed E-state index contributed by atoms with van der Waals surface area (Å²) in [4.78, 5) is 52.1. The number of rotatable bonds is 4. The second-order valence-electron chi connectivity index (χ2n) is 12.9. The largest absolute Gasteiger partial charge is 0.472 e. The highest BCUT2D eigenvalue weighted by atomic mass is 16.7. The Kier molecular flexibility index (Phi) is 6.30. The van der Waals surface area contributed by atoms with Crippen LogP contribution in [0.3, 0.4) is 0 Å². The third kappa shape index (κ3) is 3.55. The molecule has 40 heavy (non-hydrogen) atoms. The first kappa shape index (κ1) is 28.3. The van der Waals surface area contributed by atoms with Gasteiger partial charge >= 0.3 is 17.9 Å². The molecule has 0 spiro atoms. The molecule has 0 bridgehead atoms. The van der Waals surface area contributed by atoms with E-state index >= 15 is 0 Å². The standard InChI is InChI=1S/C31H38O9/c1-8-22(34)39-26-24(38-17(2)32)25-27(3,4)21(33)10-12-28(25,5)19-9-13-29(6)20(30(19,26)7)15-23(35)40-31(29,36)18-11-14-37-16-18/h10-12,14-16,19,24-26,36H,8-9,13H2,1-7H3/t19?,24-,25?,26-,28-,29-,30-,31+/m1/s1. The van der Waals surface area contributed by atoms with Gasteiger partial charge in [0.1, 0.15) is 18.5 Å². The number of allylic oxidation sites excluding steroid dienone is 2. The molecule has 0 amide bonds. The van der Waals surface area contributed by atoms with Crippen molar-refractivity contribution in [2.45, 2.75) is 85.7 Å². The molecule has 8 atom stereocenters. The Morgan fingerprint density at radius 3 is 2.42 bits per heavy atom. The van der Waals surface area contributed by atoms with Gasteiger partial charge in [-0.25, -0.2) is 4.79 Å². The Morgan fingerprint density at radius 1 is 1.12 bits per heavy atom. The zero-order valence-corrected chi connectivity index (χ0v) is 24.1. The second kappa shape index (κ2) is 8.90. The van der Waals surface area contributed by atoms with E-state index in [1.54, 1.807) is 19.1 Å². The molecule has 5 rings (SSSR count). The van der Waals surface area contributed by atoms with Crippen LogP contribution in [0.25, 0.3) is 0 Å². The van der Waals surface area contributed by atoms with Crippen LogP contribution in [0.2, 0.25) is 0 Å². The summed E-state index contributed by atoms with van der Waals surface area (Å²) in [5.74, 6) is -4.76. The Bertz CT molecular complexity index is 1320. The molecule has 1 N–H and O–H groups in total. The number of fused-ring (bicyclic) bond motifs is 5. The van der Waals surface area contributed by atoms with Gasteiger partial charge in [-0.15, -0.1) is 0 Å². The van der Waals surface area contributed by atoms with Gasteiger partial charge in [-0.1, -0.05) is 40.7 Å². The van der Waals surface area contributed by atoms with E-state index in [0.717, 1.165) is 0 Å². The lowest BCUT2D eigenvalue weighted by Crippen LogP contribution is -2.72. The number of esters is 3. The summed E-state index contributed by atoms with van der Waals surface area (Å²) in [6, 6.07) is 1.56. The number of aliphatic hydroxyl groups is 1. The lowest BCUT2D eigenvalue weighted by atomic mass is 9.37. The van der Waals surface area contributed by atoms with Gasteiger partial charge in [-0.3, -0.25) is 14.4 Å². The minimum Gasteiger partial charge on any atom is -0.472 e. The molecule has 9 nitrogen and oxygen atoms in total. The number of cyclic esters (lactones) is 1. The summed E-state index contributed by atoms with van der Waals surface area (Å²) in [5, 5.41) is 12.1. The molecule has 0 aromatic carbocycles. The van der Waals surface area contributed by atoms with Crippen LogP contribution >= 0.6 is 0 Å². The summed E-state index contributed by atoms with van der Waals surface area (Å²) in [7, 11) is 0. The molecule has 2 saturated carbocycles. The number of hydrogen-bond acceptors (Lipinski definition) is 9. The van der Waals surface area contributed by atoms with Crippen LogP contribution in [-0.4, -0.2) is 41.0 Å². The molecule has 2 unspecified atom stereocenters. The molecule has 1 aromatic rings. The predicted molar refractivity (Wildman–Crippen MR) is 141 cm³/mol. The van der Waals surface area contributed by atoms with Crippen molar-refractivity contribution in [1.82, 2.24) is 0 Å². The molecule has 4 aliphatic rings. The molecular formula is C31H38O9. The predicted octanol–water partition coefficient (Wildman–Crippen LogP) is 4.39. The SMILES string of the molecule is CCC(=O)O[C@@H]1[C@H](OC(C)=O)C2C(C)(C)C(=O)C=C[C@]2(C)C2CC[C@]3(C)C(=CC(=O)O[C@@]3(O)c3ccoc3)[C@@]21C. The highest BCUT2D eigenvalue weighted by Crippen LogP contribution is 2.72. The van der Waals surface area contributed by atoms with Gasteiger partial charge in [0.05, 0.1) is 17.2 Å². The topological polar surface area (TPSA) is 129 Å². The van der Waals surface area contributed by atoms with E-state index in [1.807, 2.05) is 40.7 Å². The molecule has 2 heterocycles. The molecule has 1 aromatic heterocycles. The van der Waals surface area contributed by atoms with Crippen LogP contribution in [0, 0.1) is 33.5 Å². The molecular weight excluding hydrogens is 516 g/mol. The Morgan fingerprint density at radius 2 is 1.82 bits per heavy atom. The average Bonchev–Trinajstić information content (AvgIpc) is 3.41. The van der Waals surface area contributed by atoms with Gasteiger partial charge in [0, 0.05) is 36.2 Å². The Balaban J connectivity index is 1.81. The maximum absolute atomic E-state index is 13.3. The van der Waals surface area contributed by atoms with E-state index in [2.05, 4.69) is 0 Å². The Labute approximate surface area is 233 Å². The fourth-order valence-corrected chi connectivity index (χ4v) is 8.72. The van der Waals surface area contributed by atoms with Crippen molar-refractivity contribution in [3.8, 4) is 0 Å². The molecule has 1 aliphatic heterocycles. The number of carbonyl (C=O) groups is 4.